The lowest BCUT2D eigenvalue weighted by atomic mass is 9.71. The zero-order chi connectivity index (χ0) is 34.9. The third-order valence-electron chi connectivity index (χ3n) is 10.4. The highest BCUT2D eigenvalue weighted by Gasteiger charge is 2.47. The van der Waals surface area contributed by atoms with E-state index in [1.54, 1.807) is 0 Å². The van der Waals surface area contributed by atoms with Gasteiger partial charge in [0.2, 0.25) is 0 Å². The van der Waals surface area contributed by atoms with E-state index in [0.29, 0.717) is 19.4 Å². The number of carbonyl (C=O) groups excluding carboxylic acids is 1. The van der Waals surface area contributed by atoms with E-state index in [0.717, 1.165) is 37.8 Å². The summed E-state index contributed by atoms with van der Waals surface area (Å²) >= 11 is 0. The molecule has 6 nitrogen and oxygen atoms in total. The summed E-state index contributed by atoms with van der Waals surface area (Å²) in [5, 5.41) is 11.6. The Bertz CT molecular complexity index is 1150. The maximum absolute atomic E-state index is 14.0. The van der Waals surface area contributed by atoms with Gasteiger partial charge in [-0.3, -0.25) is 9.78 Å². The number of aromatic nitrogens is 1. The van der Waals surface area contributed by atoms with Gasteiger partial charge in [0.1, 0.15) is 5.78 Å². The quantitative estimate of drug-likeness (QED) is 0.133. The fourth-order valence-corrected chi connectivity index (χ4v) is 7.43. The van der Waals surface area contributed by atoms with Crippen LogP contribution in [0.25, 0.3) is 6.08 Å². The monoisotopic (exact) mass is 657 g/mol. The Kier molecular flexibility index (Phi) is 15.1. The summed E-state index contributed by atoms with van der Waals surface area (Å²) in [7, 11) is -1.99. The maximum atomic E-state index is 14.0. The number of hydrogen-bond donors (Lipinski definition) is 1. The topological polar surface area (TPSA) is 77.9 Å². The van der Waals surface area contributed by atoms with Crippen molar-refractivity contribution in [1.29, 1.82) is 0 Å². The predicted molar refractivity (Wildman–Crippen MR) is 194 cm³/mol. The molecule has 0 saturated carbocycles. The first-order valence-electron chi connectivity index (χ1n) is 17.7. The van der Waals surface area contributed by atoms with Crippen molar-refractivity contribution >= 4 is 20.2 Å². The minimum atomic E-state index is -1.99. The fourth-order valence-electron chi connectivity index (χ4n) is 6.09. The van der Waals surface area contributed by atoms with E-state index in [2.05, 4.69) is 78.7 Å². The highest BCUT2D eigenvalue weighted by molar-refractivity contribution is 6.74. The lowest BCUT2D eigenvalue weighted by molar-refractivity contribution is -0.289. The van der Waals surface area contributed by atoms with Crippen LogP contribution in [-0.2, 0) is 18.7 Å². The Balaban J connectivity index is 2.07. The van der Waals surface area contributed by atoms with Gasteiger partial charge in [-0.05, 0) is 114 Å². The van der Waals surface area contributed by atoms with Crippen molar-refractivity contribution in [3.63, 3.8) is 0 Å². The van der Waals surface area contributed by atoms with E-state index in [4.69, 9.17) is 13.9 Å². The van der Waals surface area contributed by atoms with Gasteiger partial charge in [-0.15, -0.1) is 0 Å². The highest BCUT2D eigenvalue weighted by atomic mass is 28.4. The minimum Gasteiger partial charge on any atom is -0.410 e. The van der Waals surface area contributed by atoms with Crippen molar-refractivity contribution in [2.45, 2.75) is 163 Å². The molecule has 1 fully saturated rings. The molecule has 0 radical (unpaired) electrons. The molecule has 0 aliphatic carbocycles. The average molecular weight is 658 g/mol. The van der Waals surface area contributed by atoms with E-state index in [1.807, 2.05) is 52.1 Å². The Labute approximate surface area is 282 Å². The molecule has 1 N–H and O–H groups in total. The Hall–Kier alpha value is -1.64. The first kappa shape index (κ1) is 40.5. The standard InChI is InChI=1S/C39H67NO5Si/c1-14-18-32(36(42)38(8,9)34-24-26-43-39(10,11)44-34)35(41)29(3)20-17-19-28(2)22-23-33(45-46(12,13)37(5,6)7)30(4)27-31-21-15-16-25-40-31/h15-16,21-22,25,27,29,32-35,41H,14,17-20,23-24,26H2,1-13H3. The van der Waals surface area contributed by atoms with Crippen molar-refractivity contribution in [1.82, 2.24) is 4.98 Å². The molecule has 262 valence electrons. The molecule has 0 amide bonds. The molecule has 1 aliphatic rings. The summed E-state index contributed by atoms with van der Waals surface area (Å²) < 4.78 is 18.9. The lowest BCUT2D eigenvalue weighted by Crippen LogP contribution is -2.52. The molecule has 46 heavy (non-hydrogen) atoms. The van der Waals surface area contributed by atoms with Crippen LogP contribution in [0.3, 0.4) is 0 Å². The summed E-state index contributed by atoms with van der Waals surface area (Å²) in [5.74, 6) is -0.977. The first-order chi connectivity index (χ1) is 21.2. The number of allylic oxidation sites excluding steroid dienone is 1. The van der Waals surface area contributed by atoms with Crippen LogP contribution in [0.1, 0.15) is 127 Å². The number of pyridine rings is 1. The van der Waals surface area contributed by atoms with Crippen molar-refractivity contribution < 1.29 is 23.8 Å². The second-order valence-electron chi connectivity index (χ2n) is 16.3. The van der Waals surface area contributed by atoms with Gasteiger partial charge in [-0.1, -0.05) is 72.6 Å². The third-order valence-corrected chi connectivity index (χ3v) is 14.8. The van der Waals surface area contributed by atoms with Crippen molar-refractivity contribution in [3.8, 4) is 0 Å². The van der Waals surface area contributed by atoms with E-state index in [1.165, 1.54) is 11.1 Å². The first-order valence-corrected chi connectivity index (χ1v) is 20.6. The van der Waals surface area contributed by atoms with E-state index >= 15 is 0 Å². The number of aliphatic hydroxyl groups is 1. The van der Waals surface area contributed by atoms with Gasteiger partial charge in [-0.25, -0.2) is 0 Å². The van der Waals surface area contributed by atoms with Crippen molar-refractivity contribution in [2.24, 2.45) is 17.3 Å². The molecule has 2 heterocycles. The molecule has 2 rings (SSSR count). The van der Waals surface area contributed by atoms with E-state index in [-0.39, 0.29) is 28.9 Å². The molecule has 7 heteroatoms. The molecule has 1 aliphatic heterocycles. The van der Waals surface area contributed by atoms with Crippen molar-refractivity contribution in [2.75, 3.05) is 6.61 Å². The van der Waals surface area contributed by atoms with Crippen LogP contribution in [0.5, 0.6) is 0 Å². The molecule has 0 aromatic carbocycles. The van der Waals surface area contributed by atoms with Gasteiger partial charge >= 0.3 is 0 Å². The Morgan fingerprint density at radius 3 is 2.41 bits per heavy atom. The molecule has 5 unspecified atom stereocenters. The summed E-state index contributed by atoms with van der Waals surface area (Å²) in [6.07, 6.45) is 11.2. The smallest absolute Gasteiger partial charge is 0.192 e. The number of Topliss-reactive ketones (excluding diaryl/α,β-unsaturated/α-hetero) is 1. The summed E-state index contributed by atoms with van der Waals surface area (Å²) in [6.45, 7) is 28.3. The summed E-state index contributed by atoms with van der Waals surface area (Å²) in [6, 6.07) is 5.98. The second kappa shape index (κ2) is 17.1. The Morgan fingerprint density at radius 1 is 1.17 bits per heavy atom. The van der Waals surface area contributed by atoms with Crippen molar-refractivity contribution in [3.05, 3.63) is 47.3 Å². The van der Waals surface area contributed by atoms with Crippen LogP contribution in [0, 0.1) is 17.3 Å². The predicted octanol–water partition coefficient (Wildman–Crippen LogP) is 9.93. The van der Waals surface area contributed by atoms with Gasteiger partial charge in [-0.2, -0.15) is 0 Å². The Morgan fingerprint density at radius 2 is 1.85 bits per heavy atom. The normalized spacial score (nSPS) is 21.0. The molecule has 0 spiro atoms. The van der Waals surface area contributed by atoms with Crippen LogP contribution in [0.4, 0.5) is 0 Å². The van der Waals surface area contributed by atoms with Crippen LogP contribution < -0.4 is 0 Å². The number of ether oxygens (including phenoxy) is 2. The number of aliphatic hydroxyl groups excluding tert-OH is 1. The fraction of sp³-hybridized carbons (Fsp3) is 0.744. The van der Waals surface area contributed by atoms with E-state index < -0.39 is 31.5 Å². The number of nitrogens with zero attached hydrogens (tertiary/aromatic N) is 1. The zero-order valence-corrected chi connectivity index (χ0v) is 32.5. The number of carbonyl (C=O) groups is 1. The van der Waals surface area contributed by atoms with Gasteiger partial charge in [0.15, 0.2) is 14.1 Å². The SMILES string of the molecule is CCCC(C(=O)C(C)(C)C1CCOC(C)(C)O1)C(O)C(C)CCCC(C)=CCC(O[Si](C)(C)C(C)(C)C)C(C)=Cc1ccccn1. The van der Waals surface area contributed by atoms with Gasteiger partial charge in [0.25, 0.3) is 0 Å². The van der Waals surface area contributed by atoms with E-state index in [9.17, 15) is 9.90 Å². The zero-order valence-electron chi connectivity index (χ0n) is 31.5. The molecular formula is C39H67NO5Si. The second-order valence-corrected chi connectivity index (χ2v) is 21.0. The highest BCUT2D eigenvalue weighted by Crippen LogP contribution is 2.40. The van der Waals surface area contributed by atoms with Crippen LogP contribution in [0.2, 0.25) is 18.1 Å². The van der Waals surface area contributed by atoms with Crippen LogP contribution in [-0.4, -0.2) is 54.9 Å². The number of rotatable bonds is 17. The molecular weight excluding hydrogens is 591 g/mol. The lowest BCUT2D eigenvalue weighted by Gasteiger charge is -2.44. The van der Waals surface area contributed by atoms with Gasteiger partial charge in [0, 0.05) is 12.1 Å². The van der Waals surface area contributed by atoms with Gasteiger partial charge < -0.3 is 19.0 Å². The molecule has 0 bridgehead atoms. The average Bonchev–Trinajstić information content (AvgIpc) is 2.96. The minimum absolute atomic E-state index is 0.00644. The van der Waals surface area contributed by atoms with Crippen LogP contribution >= 0.6 is 0 Å². The molecule has 1 aromatic heterocycles. The molecule has 1 saturated heterocycles. The summed E-state index contributed by atoms with van der Waals surface area (Å²) in [5.41, 5.74) is 2.77. The maximum Gasteiger partial charge on any atom is 0.192 e. The molecule has 5 atom stereocenters. The molecule has 1 aromatic rings. The largest absolute Gasteiger partial charge is 0.410 e. The number of hydrogen-bond acceptors (Lipinski definition) is 6. The third kappa shape index (κ3) is 11.8. The number of ketones is 1. The van der Waals surface area contributed by atoms with Gasteiger partial charge in [0.05, 0.1) is 36.0 Å². The van der Waals surface area contributed by atoms with Crippen LogP contribution in [0.15, 0.2) is 41.6 Å². The summed E-state index contributed by atoms with van der Waals surface area (Å²) in [4.78, 5) is 18.5.